The average Bonchev–Trinajstić information content (AvgIpc) is 2.31. The Kier molecular flexibility index (Phi) is 4.20. The predicted octanol–water partition coefficient (Wildman–Crippen LogP) is 3.33. The third-order valence-electron chi connectivity index (χ3n) is 2.98. The average molecular weight is 329 g/mol. The number of aliphatic hydroxyl groups excluding tert-OH is 1. The van der Waals surface area contributed by atoms with Gasteiger partial charge in [-0.1, -0.05) is 23.8 Å². The number of hydrogen-bond donors (Lipinski definition) is 3. The Morgan fingerprint density at radius 3 is 2.76 bits per heavy atom. The van der Waals surface area contributed by atoms with Gasteiger partial charge in [0.05, 0.1) is 5.02 Å². The summed E-state index contributed by atoms with van der Waals surface area (Å²) >= 11 is 10.7. The van der Waals surface area contributed by atoms with E-state index in [0.717, 1.165) is 6.07 Å². The molecule has 21 heavy (non-hydrogen) atoms. The van der Waals surface area contributed by atoms with Crippen molar-refractivity contribution in [3.63, 3.8) is 0 Å². The molecule has 0 aliphatic carbocycles. The van der Waals surface area contributed by atoms with Gasteiger partial charge < -0.3 is 15.7 Å². The molecule has 1 aliphatic heterocycles. The monoisotopic (exact) mass is 328 g/mol. The van der Waals surface area contributed by atoms with Gasteiger partial charge in [0, 0.05) is 17.6 Å². The molecule has 0 spiro atoms. The molecule has 0 bridgehead atoms. The van der Waals surface area contributed by atoms with Gasteiger partial charge in [-0.15, -0.1) is 0 Å². The predicted molar refractivity (Wildman–Crippen MR) is 84.1 cm³/mol. The van der Waals surface area contributed by atoms with Crippen molar-refractivity contribution in [1.82, 2.24) is 5.32 Å². The van der Waals surface area contributed by atoms with E-state index in [1.54, 1.807) is 13.8 Å². The van der Waals surface area contributed by atoms with Crippen LogP contribution in [0.1, 0.15) is 20.3 Å². The minimum absolute atomic E-state index is 0.000293. The molecule has 0 saturated carbocycles. The third kappa shape index (κ3) is 3.51. The Morgan fingerprint density at radius 2 is 2.19 bits per heavy atom. The van der Waals surface area contributed by atoms with Crippen molar-refractivity contribution in [3.8, 4) is 0 Å². The minimum Gasteiger partial charge on any atom is -0.511 e. The maximum Gasteiger partial charge on any atom is 0.258 e. The number of anilines is 1. The third-order valence-corrected chi connectivity index (χ3v) is 3.59. The highest BCUT2D eigenvalue weighted by Gasteiger charge is 2.34. The highest BCUT2D eigenvalue weighted by atomic mass is 35.5. The molecule has 1 aromatic carbocycles. The van der Waals surface area contributed by atoms with Crippen molar-refractivity contribution < 1.29 is 14.3 Å². The van der Waals surface area contributed by atoms with Crippen LogP contribution in [0.2, 0.25) is 5.02 Å². The first-order valence-electron chi connectivity index (χ1n) is 6.20. The number of amides is 1. The van der Waals surface area contributed by atoms with E-state index in [1.165, 1.54) is 12.1 Å². The Balaban J connectivity index is 2.24. The molecule has 0 fully saturated rings. The fraction of sp³-hybridized carbons (Fsp3) is 0.286. The van der Waals surface area contributed by atoms with E-state index in [9.17, 15) is 14.3 Å². The quantitative estimate of drug-likeness (QED) is 0.729. The Labute approximate surface area is 132 Å². The van der Waals surface area contributed by atoms with E-state index in [4.69, 9.17) is 23.8 Å². The van der Waals surface area contributed by atoms with Gasteiger partial charge in [-0.05, 0) is 32.0 Å². The van der Waals surface area contributed by atoms with Gasteiger partial charge in [0.1, 0.15) is 22.1 Å². The van der Waals surface area contributed by atoms with Crippen LogP contribution in [0.4, 0.5) is 10.1 Å². The van der Waals surface area contributed by atoms with Crippen LogP contribution < -0.4 is 10.6 Å². The van der Waals surface area contributed by atoms with Gasteiger partial charge in [-0.3, -0.25) is 4.79 Å². The Bertz CT molecular complexity index is 658. The van der Waals surface area contributed by atoms with E-state index in [0.29, 0.717) is 5.69 Å². The molecule has 4 nitrogen and oxygen atoms in total. The molecule has 0 saturated heterocycles. The zero-order chi connectivity index (χ0) is 15.8. The smallest absolute Gasteiger partial charge is 0.258 e. The summed E-state index contributed by atoms with van der Waals surface area (Å²) in [6, 6.07) is 4.07. The summed E-state index contributed by atoms with van der Waals surface area (Å²) < 4.78 is 13.4. The second-order valence-electron chi connectivity index (χ2n) is 5.42. The number of hydrogen-bond acceptors (Lipinski definition) is 3. The number of halogens is 2. The lowest BCUT2D eigenvalue weighted by Crippen LogP contribution is -2.49. The number of nitrogens with one attached hydrogen (secondary N) is 2. The van der Waals surface area contributed by atoms with Crippen molar-refractivity contribution in [2.45, 2.75) is 25.8 Å². The highest BCUT2D eigenvalue weighted by molar-refractivity contribution is 7.81. The van der Waals surface area contributed by atoms with E-state index in [-0.39, 0.29) is 27.8 Å². The van der Waals surface area contributed by atoms with E-state index < -0.39 is 17.3 Å². The SMILES string of the molecule is CC1(C)CC(O)=C(C(=S)Nc2ccc(Cl)c(F)c2)C(=O)N1. The van der Waals surface area contributed by atoms with Crippen molar-refractivity contribution in [1.29, 1.82) is 0 Å². The topological polar surface area (TPSA) is 61.4 Å². The first-order chi connectivity index (χ1) is 9.69. The number of carbonyl (C=O) groups is 1. The maximum atomic E-state index is 13.4. The molecular formula is C14H14ClFN2O2S. The minimum atomic E-state index is -0.600. The van der Waals surface area contributed by atoms with Crippen LogP contribution in [-0.2, 0) is 4.79 Å². The number of carbonyl (C=O) groups excluding carboxylic acids is 1. The first-order valence-corrected chi connectivity index (χ1v) is 6.99. The van der Waals surface area contributed by atoms with Crippen molar-refractivity contribution in [3.05, 3.63) is 40.4 Å². The number of rotatable bonds is 2. The van der Waals surface area contributed by atoms with E-state index >= 15 is 0 Å². The van der Waals surface area contributed by atoms with Crippen molar-refractivity contribution in [2.24, 2.45) is 0 Å². The molecular weight excluding hydrogens is 315 g/mol. The van der Waals surface area contributed by atoms with Gasteiger partial charge >= 0.3 is 0 Å². The van der Waals surface area contributed by atoms with Gasteiger partial charge in [-0.2, -0.15) is 0 Å². The zero-order valence-corrected chi connectivity index (χ0v) is 13.0. The molecule has 2 rings (SSSR count). The number of thiocarbonyl (C=S) groups is 1. The lowest BCUT2D eigenvalue weighted by Gasteiger charge is -2.31. The summed E-state index contributed by atoms with van der Waals surface area (Å²) in [5.74, 6) is -1.15. The molecule has 1 heterocycles. The lowest BCUT2D eigenvalue weighted by molar-refractivity contribution is -0.119. The van der Waals surface area contributed by atoms with Crippen LogP contribution in [0.15, 0.2) is 29.5 Å². The number of benzene rings is 1. The van der Waals surface area contributed by atoms with Crippen LogP contribution in [0.3, 0.4) is 0 Å². The van der Waals surface area contributed by atoms with Crippen molar-refractivity contribution in [2.75, 3.05) is 5.32 Å². The highest BCUT2D eigenvalue weighted by Crippen LogP contribution is 2.25. The first kappa shape index (κ1) is 15.7. The zero-order valence-electron chi connectivity index (χ0n) is 11.5. The Hall–Kier alpha value is -1.66. The van der Waals surface area contributed by atoms with E-state index in [1.807, 2.05) is 0 Å². The normalized spacial score (nSPS) is 17.4. The maximum absolute atomic E-state index is 13.4. The van der Waals surface area contributed by atoms with Crippen LogP contribution >= 0.6 is 23.8 Å². The molecule has 0 aromatic heterocycles. The fourth-order valence-corrected chi connectivity index (χ4v) is 2.50. The molecule has 1 aromatic rings. The molecule has 1 amide bonds. The van der Waals surface area contributed by atoms with Gasteiger partial charge in [0.15, 0.2) is 0 Å². The summed E-state index contributed by atoms with van der Waals surface area (Å²) in [6.45, 7) is 3.59. The Morgan fingerprint density at radius 1 is 1.52 bits per heavy atom. The summed E-state index contributed by atoms with van der Waals surface area (Å²) in [5, 5.41) is 15.5. The van der Waals surface area contributed by atoms with Crippen LogP contribution in [-0.4, -0.2) is 21.5 Å². The summed E-state index contributed by atoms with van der Waals surface area (Å²) in [7, 11) is 0. The van der Waals surface area contributed by atoms with Crippen molar-refractivity contribution >= 4 is 40.4 Å². The van der Waals surface area contributed by atoms with Gasteiger partial charge in [0.25, 0.3) is 5.91 Å². The molecule has 0 radical (unpaired) electrons. The standard InChI is InChI=1S/C14H14ClFN2O2S/c1-14(2)6-10(19)11(12(20)18-14)13(21)17-7-3-4-8(15)9(16)5-7/h3-5,19H,6H2,1-2H3,(H,17,21)(H,18,20). The largest absolute Gasteiger partial charge is 0.511 e. The second-order valence-corrected chi connectivity index (χ2v) is 6.23. The molecule has 1 aliphatic rings. The summed E-state index contributed by atoms with van der Waals surface area (Å²) in [6.07, 6.45) is 0.269. The summed E-state index contributed by atoms with van der Waals surface area (Å²) in [5.41, 5.74) is -0.188. The molecule has 7 heteroatoms. The van der Waals surface area contributed by atoms with Crippen LogP contribution in [0, 0.1) is 5.82 Å². The van der Waals surface area contributed by atoms with Gasteiger partial charge in [-0.25, -0.2) is 4.39 Å². The van der Waals surface area contributed by atoms with Crippen LogP contribution in [0.5, 0.6) is 0 Å². The molecule has 0 atom stereocenters. The number of aliphatic hydroxyl groups is 1. The molecule has 0 unspecified atom stereocenters. The summed E-state index contributed by atoms with van der Waals surface area (Å²) in [4.78, 5) is 12.1. The van der Waals surface area contributed by atoms with E-state index in [2.05, 4.69) is 10.6 Å². The van der Waals surface area contributed by atoms with Crippen LogP contribution in [0.25, 0.3) is 0 Å². The van der Waals surface area contributed by atoms with Gasteiger partial charge in [0.2, 0.25) is 0 Å². The fourth-order valence-electron chi connectivity index (χ4n) is 2.05. The second kappa shape index (κ2) is 5.61. The lowest BCUT2D eigenvalue weighted by atomic mass is 9.92. The molecule has 112 valence electrons. The molecule has 3 N–H and O–H groups in total.